The average molecular weight is 506 g/mol. The Bertz CT molecular complexity index is 1160. The molecule has 2 aromatic carbocycles. The van der Waals surface area contributed by atoms with Crippen LogP contribution in [0.4, 0.5) is 5.69 Å². The van der Waals surface area contributed by atoms with E-state index in [1.54, 1.807) is 14.2 Å². The van der Waals surface area contributed by atoms with Gasteiger partial charge in [0, 0.05) is 43.2 Å². The van der Waals surface area contributed by atoms with Gasteiger partial charge in [-0.25, -0.2) is 4.98 Å². The van der Waals surface area contributed by atoms with Crippen molar-refractivity contribution in [3.63, 3.8) is 0 Å². The van der Waals surface area contributed by atoms with Crippen molar-refractivity contribution in [2.75, 3.05) is 59.0 Å². The predicted octanol–water partition coefficient (Wildman–Crippen LogP) is 4.44. The van der Waals surface area contributed by atoms with Gasteiger partial charge >= 0.3 is 0 Å². The third-order valence-electron chi connectivity index (χ3n) is 6.24. The number of morpholine rings is 1. The molecule has 1 saturated heterocycles. The zero-order valence-corrected chi connectivity index (χ0v) is 21.6. The highest BCUT2D eigenvalue weighted by Gasteiger charge is 2.11. The number of rotatable bonds is 12. The summed E-state index contributed by atoms with van der Waals surface area (Å²) in [5.74, 6) is 1.97. The minimum absolute atomic E-state index is 0.0191. The number of nitrogens with one attached hydrogen (secondary N) is 1. The Morgan fingerprint density at radius 1 is 1.00 bits per heavy atom. The lowest BCUT2D eigenvalue weighted by Gasteiger charge is -2.26. The molecule has 0 saturated carbocycles. The van der Waals surface area contributed by atoms with Crippen molar-refractivity contribution < 1.29 is 23.7 Å². The lowest BCUT2D eigenvalue weighted by molar-refractivity contribution is -0.116. The van der Waals surface area contributed by atoms with Crippen LogP contribution < -0.4 is 19.5 Å². The maximum absolute atomic E-state index is 12.5. The molecule has 0 spiro atoms. The number of methoxy groups -OCH3 is 2. The number of anilines is 1. The number of carbonyl (C=O) groups excluding carboxylic acids is 1. The zero-order chi connectivity index (χ0) is 25.9. The number of ether oxygens (including phenoxy) is 4. The summed E-state index contributed by atoms with van der Waals surface area (Å²) >= 11 is 0. The first-order valence-corrected chi connectivity index (χ1v) is 12.7. The fourth-order valence-corrected chi connectivity index (χ4v) is 4.23. The number of pyridine rings is 1. The summed E-state index contributed by atoms with van der Waals surface area (Å²) in [5, 5.41) is 3.01. The minimum Gasteiger partial charge on any atom is -0.493 e. The van der Waals surface area contributed by atoms with Crippen molar-refractivity contribution in [1.29, 1.82) is 0 Å². The standard InChI is InChI=1S/C29H35N3O5/c1-34-26-12-11-22(20-27(26)35-2)13-17-37-29-10-4-8-25(31-29)23-6-3-7-24(21-23)30-28(33)9-5-14-32-15-18-36-19-16-32/h3-4,6-8,10-12,20-21H,5,9,13-19H2,1-2H3,(H,30,33). The predicted molar refractivity (Wildman–Crippen MR) is 144 cm³/mol. The quantitative estimate of drug-likeness (QED) is 0.390. The Hall–Kier alpha value is -3.62. The number of hydrogen-bond acceptors (Lipinski definition) is 7. The smallest absolute Gasteiger partial charge is 0.224 e. The number of amides is 1. The molecule has 1 fully saturated rings. The van der Waals surface area contributed by atoms with Crippen molar-refractivity contribution >= 4 is 11.6 Å². The highest BCUT2D eigenvalue weighted by molar-refractivity contribution is 5.91. The van der Waals surface area contributed by atoms with Crippen LogP contribution in [0.1, 0.15) is 18.4 Å². The van der Waals surface area contributed by atoms with Crippen molar-refractivity contribution in [3.05, 3.63) is 66.2 Å². The van der Waals surface area contributed by atoms with E-state index in [1.165, 1.54) is 0 Å². The summed E-state index contributed by atoms with van der Waals surface area (Å²) in [6.07, 6.45) is 2.03. The SMILES string of the molecule is COc1ccc(CCOc2cccc(-c3cccc(NC(=O)CCCN4CCOCC4)c3)n2)cc1OC. The Labute approximate surface area is 218 Å². The summed E-state index contributed by atoms with van der Waals surface area (Å²) in [5.41, 5.74) is 3.54. The van der Waals surface area contributed by atoms with E-state index in [9.17, 15) is 4.79 Å². The fraction of sp³-hybridized carbons (Fsp3) is 0.379. The van der Waals surface area contributed by atoms with Gasteiger partial charge in [-0.2, -0.15) is 0 Å². The molecule has 0 bridgehead atoms. The van der Waals surface area contributed by atoms with E-state index in [2.05, 4.69) is 15.2 Å². The van der Waals surface area contributed by atoms with E-state index in [0.29, 0.717) is 36.8 Å². The van der Waals surface area contributed by atoms with Gasteiger partial charge in [-0.3, -0.25) is 9.69 Å². The lowest BCUT2D eigenvalue weighted by atomic mass is 10.1. The summed E-state index contributed by atoms with van der Waals surface area (Å²) in [6.45, 7) is 4.83. The summed E-state index contributed by atoms with van der Waals surface area (Å²) < 4.78 is 22.0. The second-order valence-corrected chi connectivity index (χ2v) is 8.84. The van der Waals surface area contributed by atoms with Crippen molar-refractivity contribution in [2.24, 2.45) is 0 Å². The molecule has 37 heavy (non-hydrogen) atoms. The molecule has 1 N–H and O–H groups in total. The monoisotopic (exact) mass is 505 g/mol. The third-order valence-corrected chi connectivity index (χ3v) is 6.24. The van der Waals surface area contributed by atoms with Gasteiger partial charge in [0.25, 0.3) is 0 Å². The van der Waals surface area contributed by atoms with Crippen LogP contribution in [0, 0.1) is 0 Å². The number of carbonyl (C=O) groups is 1. The minimum atomic E-state index is 0.0191. The molecule has 3 aromatic rings. The second-order valence-electron chi connectivity index (χ2n) is 8.84. The van der Waals surface area contributed by atoms with Crippen LogP contribution in [-0.4, -0.2) is 69.5 Å². The van der Waals surface area contributed by atoms with Gasteiger partial charge in [-0.1, -0.05) is 24.3 Å². The molecule has 0 aliphatic carbocycles. The van der Waals surface area contributed by atoms with E-state index < -0.39 is 0 Å². The number of nitrogens with zero attached hydrogens (tertiary/aromatic N) is 2. The largest absolute Gasteiger partial charge is 0.493 e. The molecule has 2 heterocycles. The van der Waals surface area contributed by atoms with Crippen LogP contribution in [0.25, 0.3) is 11.3 Å². The zero-order valence-electron chi connectivity index (χ0n) is 21.6. The maximum atomic E-state index is 12.5. The molecular formula is C29H35N3O5. The first kappa shape index (κ1) is 26.4. The second kappa shape index (κ2) is 13.6. The highest BCUT2D eigenvalue weighted by Crippen LogP contribution is 2.28. The Kier molecular flexibility index (Phi) is 9.74. The van der Waals surface area contributed by atoms with Gasteiger partial charge in [-0.05, 0) is 48.9 Å². The Morgan fingerprint density at radius 2 is 1.81 bits per heavy atom. The van der Waals surface area contributed by atoms with Crippen molar-refractivity contribution in [2.45, 2.75) is 19.3 Å². The molecule has 1 amide bonds. The van der Waals surface area contributed by atoms with Crippen molar-refractivity contribution in [1.82, 2.24) is 9.88 Å². The van der Waals surface area contributed by atoms with Crippen LogP contribution in [0.3, 0.4) is 0 Å². The van der Waals surface area contributed by atoms with Crippen LogP contribution in [0.5, 0.6) is 17.4 Å². The van der Waals surface area contributed by atoms with E-state index >= 15 is 0 Å². The number of benzene rings is 2. The summed E-state index contributed by atoms with van der Waals surface area (Å²) in [4.78, 5) is 19.5. The first-order valence-electron chi connectivity index (χ1n) is 12.7. The van der Waals surface area contributed by atoms with Crippen LogP contribution >= 0.6 is 0 Å². The molecule has 0 radical (unpaired) electrons. The molecule has 0 atom stereocenters. The Morgan fingerprint density at radius 3 is 2.62 bits per heavy atom. The van der Waals surface area contributed by atoms with Gasteiger partial charge in [0.05, 0.1) is 39.7 Å². The van der Waals surface area contributed by atoms with Crippen molar-refractivity contribution in [3.8, 4) is 28.6 Å². The Balaban J connectivity index is 1.29. The van der Waals surface area contributed by atoms with Crippen LogP contribution in [0.15, 0.2) is 60.7 Å². The van der Waals surface area contributed by atoms with Gasteiger partial charge in [0.15, 0.2) is 11.5 Å². The van der Waals surface area contributed by atoms with Gasteiger partial charge in [0.2, 0.25) is 11.8 Å². The maximum Gasteiger partial charge on any atom is 0.224 e. The summed E-state index contributed by atoms with van der Waals surface area (Å²) in [6, 6.07) is 19.3. The van der Waals surface area contributed by atoms with E-state index in [1.807, 2.05) is 60.7 Å². The van der Waals surface area contributed by atoms with E-state index in [4.69, 9.17) is 18.9 Å². The third kappa shape index (κ3) is 7.93. The van der Waals surface area contributed by atoms with Gasteiger partial charge < -0.3 is 24.3 Å². The number of aromatic nitrogens is 1. The molecule has 196 valence electrons. The molecule has 1 aliphatic rings. The molecule has 0 unspecified atom stereocenters. The molecule has 1 aliphatic heterocycles. The first-order chi connectivity index (χ1) is 18.1. The molecule has 8 nitrogen and oxygen atoms in total. The molecule has 1 aromatic heterocycles. The molecular weight excluding hydrogens is 470 g/mol. The summed E-state index contributed by atoms with van der Waals surface area (Å²) in [7, 11) is 3.25. The number of hydrogen-bond donors (Lipinski definition) is 1. The normalized spacial score (nSPS) is 13.7. The average Bonchev–Trinajstić information content (AvgIpc) is 2.94. The topological polar surface area (TPSA) is 82.2 Å². The van der Waals surface area contributed by atoms with Crippen LogP contribution in [0.2, 0.25) is 0 Å². The lowest BCUT2D eigenvalue weighted by Crippen LogP contribution is -2.37. The highest BCUT2D eigenvalue weighted by atomic mass is 16.5. The van der Waals surface area contributed by atoms with E-state index in [-0.39, 0.29) is 5.91 Å². The van der Waals surface area contributed by atoms with Gasteiger partial charge in [0.1, 0.15) is 0 Å². The fourth-order valence-electron chi connectivity index (χ4n) is 4.23. The van der Waals surface area contributed by atoms with Gasteiger partial charge in [-0.15, -0.1) is 0 Å². The van der Waals surface area contributed by atoms with Crippen LogP contribution in [-0.2, 0) is 16.0 Å². The molecule has 8 heteroatoms. The molecule has 4 rings (SSSR count). The van der Waals surface area contributed by atoms with E-state index in [0.717, 1.165) is 61.8 Å².